The van der Waals surface area contributed by atoms with E-state index in [2.05, 4.69) is 27.9 Å². The first-order valence-electron chi connectivity index (χ1n) is 6.06. The number of rotatable bonds is 6. The number of carboxylic acids is 1. The van der Waals surface area contributed by atoms with Gasteiger partial charge in [-0.05, 0) is 53.6 Å². The van der Waals surface area contributed by atoms with Gasteiger partial charge in [-0.2, -0.15) is 0 Å². The zero-order valence-electron chi connectivity index (χ0n) is 10.3. The maximum absolute atomic E-state index is 11.9. The highest BCUT2D eigenvalue weighted by atomic mass is 127. The minimum absolute atomic E-state index is 0.0790. The molecule has 1 aliphatic rings. The van der Waals surface area contributed by atoms with Crippen molar-refractivity contribution in [2.75, 3.05) is 18.4 Å². The normalized spacial score (nSPS) is 14.4. The molecule has 0 saturated heterocycles. The van der Waals surface area contributed by atoms with Crippen LogP contribution in [0.25, 0.3) is 0 Å². The third-order valence-corrected chi connectivity index (χ3v) is 3.53. The molecule has 1 fully saturated rings. The van der Waals surface area contributed by atoms with Crippen LogP contribution in [0.3, 0.4) is 0 Å². The minimum Gasteiger partial charge on any atom is -0.480 e. The Morgan fingerprint density at radius 3 is 2.68 bits per heavy atom. The monoisotopic (exact) mass is 374 g/mol. The van der Waals surface area contributed by atoms with Gasteiger partial charge >= 0.3 is 5.97 Å². The van der Waals surface area contributed by atoms with Gasteiger partial charge in [-0.25, -0.2) is 0 Å². The number of carbonyl (C=O) groups is 2. The van der Waals surface area contributed by atoms with Gasteiger partial charge in [0.15, 0.2) is 0 Å². The third-order valence-electron chi connectivity index (χ3n) is 2.86. The van der Waals surface area contributed by atoms with Crippen molar-refractivity contribution >= 4 is 40.2 Å². The summed E-state index contributed by atoms with van der Waals surface area (Å²) < 4.78 is 1.04. The Morgan fingerprint density at radius 2 is 2.11 bits per heavy atom. The van der Waals surface area contributed by atoms with E-state index in [-0.39, 0.29) is 25.0 Å². The fraction of sp³-hybridized carbons (Fsp3) is 0.385. The highest BCUT2D eigenvalue weighted by Crippen LogP contribution is 2.26. The zero-order chi connectivity index (χ0) is 13.8. The number of carboxylic acid groups (broad SMARTS) is 1. The number of carbonyl (C=O) groups excluding carboxylic acids is 1. The maximum atomic E-state index is 11.9. The average Bonchev–Trinajstić information content (AvgIpc) is 3.10. The van der Waals surface area contributed by atoms with Gasteiger partial charge in [-0.15, -0.1) is 0 Å². The van der Waals surface area contributed by atoms with Crippen molar-refractivity contribution in [2.24, 2.45) is 0 Å². The lowest BCUT2D eigenvalue weighted by Crippen LogP contribution is -2.38. The van der Waals surface area contributed by atoms with Crippen LogP contribution in [0.15, 0.2) is 24.3 Å². The predicted octanol–water partition coefficient (Wildman–Crippen LogP) is 1.78. The number of hydrogen-bond acceptors (Lipinski definition) is 3. The molecule has 0 aromatic heterocycles. The molecule has 6 heteroatoms. The maximum Gasteiger partial charge on any atom is 0.317 e. The second-order valence-electron chi connectivity index (χ2n) is 4.59. The first-order chi connectivity index (χ1) is 9.04. The fourth-order valence-corrected chi connectivity index (χ4v) is 2.42. The van der Waals surface area contributed by atoms with Crippen molar-refractivity contribution in [1.82, 2.24) is 4.90 Å². The smallest absolute Gasteiger partial charge is 0.317 e. The third kappa shape index (κ3) is 4.79. The van der Waals surface area contributed by atoms with E-state index in [4.69, 9.17) is 5.11 Å². The number of benzene rings is 1. The summed E-state index contributed by atoms with van der Waals surface area (Å²) in [6, 6.07) is 7.75. The Balaban J connectivity index is 1.90. The number of anilines is 1. The quantitative estimate of drug-likeness (QED) is 0.745. The summed E-state index contributed by atoms with van der Waals surface area (Å²) in [4.78, 5) is 24.4. The van der Waals surface area contributed by atoms with Gasteiger partial charge in [0.25, 0.3) is 0 Å². The Hall–Kier alpha value is -1.15. The van der Waals surface area contributed by atoms with Crippen LogP contribution in [0.4, 0.5) is 5.69 Å². The highest BCUT2D eigenvalue weighted by molar-refractivity contribution is 14.1. The summed E-state index contributed by atoms with van der Waals surface area (Å²) in [5.74, 6) is -1.07. The van der Waals surface area contributed by atoms with Crippen LogP contribution in [-0.2, 0) is 9.59 Å². The molecule has 19 heavy (non-hydrogen) atoms. The van der Waals surface area contributed by atoms with Crippen LogP contribution >= 0.6 is 22.6 Å². The van der Waals surface area contributed by atoms with Crippen LogP contribution in [0.1, 0.15) is 12.8 Å². The number of aliphatic carboxylic acids is 1. The number of halogens is 1. The number of nitrogens with zero attached hydrogens (tertiary/aromatic N) is 1. The number of amides is 1. The summed E-state index contributed by atoms with van der Waals surface area (Å²) in [5, 5.41) is 11.6. The molecular weight excluding hydrogens is 359 g/mol. The molecule has 2 rings (SSSR count). The van der Waals surface area contributed by atoms with E-state index in [1.165, 1.54) is 0 Å². The van der Waals surface area contributed by atoms with Crippen molar-refractivity contribution in [1.29, 1.82) is 0 Å². The first kappa shape index (κ1) is 14.3. The summed E-state index contributed by atoms with van der Waals surface area (Å²) >= 11 is 2.17. The topological polar surface area (TPSA) is 69.6 Å². The van der Waals surface area contributed by atoms with Gasteiger partial charge in [0, 0.05) is 15.3 Å². The molecule has 0 radical (unpaired) electrons. The highest BCUT2D eigenvalue weighted by Gasteiger charge is 2.31. The minimum atomic E-state index is -0.894. The summed E-state index contributed by atoms with van der Waals surface area (Å²) in [6.07, 6.45) is 1.95. The van der Waals surface area contributed by atoms with Crippen LogP contribution in [0.5, 0.6) is 0 Å². The molecular formula is C13H15IN2O3. The largest absolute Gasteiger partial charge is 0.480 e. The Bertz CT molecular complexity index is 489. The Morgan fingerprint density at radius 1 is 1.37 bits per heavy atom. The molecule has 1 aromatic carbocycles. The molecule has 0 bridgehead atoms. The van der Waals surface area contributed by atoms with E-state index in [1.807, 2.05) is 24.3 Å². The molecule has 0 spiro atoms. The van der Waals surface area contributed by atoms with Gasteiger partial charge in [0.05, 0.1) is 13.1 Å². The molecule has 0 unspecified atom stereocenters. The molecule has 5 nitrogen and oxygen atoms in total. The van der Waals surface area contributed by atoms with E-state index >= 15 is 0 Å². The Kier molecular flexibility index (Phi) is 4.76. The molecule has 1 amide bonds. The van der Waals surface area contributed by atoms with E-state index in [1.54, 1.807) is 4.90 Å². The lowest BCUT2D eigenvalue weighted by Gasteiger charge is -2.18. The standard InChI is InChI=1S/C13H15IN2O3/c14-9-2-1-3-10(6-9)15-12(17)7-16(8-13(18)19)11-4-5-11/h1-3,6,11H,4-5,7-8H2,(H,15,17)(H,18,19). The molecule has 2 N–H and O–H groups in total. The summed E-state index contributed by atoms with van der Waals surface area (Å²) in [7, 11) is 0. The molecule has 1 saturated carbocycles. The van der Waals surface area contributed by atoms with Crippen LogP contribution in [0.2, 0.25) is 0 Å². The molecule has 1 aromatic rings. The van der Waals surface area contributed by atoms with Crippen molar-refractivity contribution in [3.63, 3.8) is 0 Å². The molecule has 0 aliphatic heterocycles. The number of hydrogen-bond donors (Lipinski definition) is 2. The zero-order valence-corrected chi connectivity index (χ0v) is 12.5. The van der Waals surface area contributed by atoms with Gasteiger partial charge in [-0.1, -0.05) is 6.07 Å². The van der Waals surface area contributed by atoms with Crippen LogP contribution < -0.4 is 5.32 Å². The van der Waals surface area contributed by atoms with Gasteiger partial charge < -0.3 is 10.4 Å². The SMILES string of the molecule is O=C(O)CN(CC(=O)Nc1cccc(I)c1)C1CC1. The van der Waals surface area contributed by atoms with E-state index in [9.17, 15) is 9.59 Å². The predicted molar refractivity (Wildman–Crippen MR) is 80.0 cm³/mol. The van der Waals surface area contributed by atoms with Crippen molar-refractivity contribution in [3.8, 4) is 0 Å². The molecule has 1 aliphatic carbocycles. The summed E-state index contributed by atoms with van der Waals surface area (Å²) in [6.45, 7) is 0.0485. The van der Waals surface area contributed by atoms with Gasteiger partial charge in [0.2, 0.25) is 5.91 Å². The van der Waals surface area contributed by atoms with E-state index in [0.29, 0.717) is 0 Å². The van der Waals surface area contributed by atoms with E-state index < -0.39 is 5.97 Å². The Labute approximate surface area is 125 Å². The second kappa shape index (κ2) is 6.33. The van der Waals surface area contributed by atoms with Crippen LogP contribution in [0, 0.1) is 3.57 Å². The van der Waals surface area contributed by atoms with Crippen molar-refractivity contribution < 1.29 is 14.7 Å². The molecule has 0 atom stereocenters. The number of nitrogens with one attached hydrogen (secondary N) is 1. The van der Waals surface area contributed by atoms with Gasteiger partial charge in [0.1, 0.15) is 0 Å². The molecule has 102 valence electrons. The molecule has 0 heterocycles. The van der Waals surface area contributed by atoms with Crippen LogP contribution in [-0.4, -0.2) is 41.0 Å². The second-order valence-corrected chi connectivity index (χ2v) is 5.83. The first-order valence-corrected chi connectivity index (χ1v) is 7.14. The lowest BCUT2D eigenvalue weighted by molar-refractivity contribution is -0.138. The van der Waals surface area contributed by atoms with E-state index in [0.717, 1.165) is 22.1 Å². The van der Waals surface area contributed by atoms with Gasteiger partial charge in [-0.3, -0.25) is 14.5 Å². The van der Waals surface area contributed by atoms with Crippen molar-refractivity contribution in [3.05, 3.63) is 27.8 Å². The fourth-order valence-electron chi connectivity index (χ4n) is 1.88. The average molecular weight is 374 g/mol. The summed E-state index contributed by atoms with van der Waals surface area (Å²) in [5.41, 5.74) is 0.739. The lowest BCUT2D eigenvalue weighted by atomic mass is 10.3. The van der Waals surface area contributed by atoms with Crippen molar-refractivity contribution in [2.45, 2.75) is 18.9 Å².